The topological polar surface area (TPSA) is 78.3 Å². The van der Waals surface area contributed by atoms with Crippen LogP contribution in [0.25, 0.3) is 0 Å². The van der Waals surface area contributed by atoms with Crippen molar-refractivity contribution in [2.24, 2.45) is 11.3 Å². The molecule has 3 heterocycles. The summed E-state index contributed by atoms with van der Waals surface area (Å²) in [7, 11) is 3.53. The first-order valence-corrected chi connectivity index (χ1v) is 14.0. The van der Waals surface area contributed by atoms with E-state index in [0.29, 0.717) is 6.54 Å². The third kappa shape index (κ3) is 4.06. The van der Waals surface area contributed by atoms with Gasteiger partial charge in [-0.1, -0.05) is 55.5 Å². The zero-order chi connectivity index (χ0) is 29.2. The van der Waals surface area contributed by atoms with Gasteiger partial charge in [0.05, 0.1) is 36.7 Å². The molecule has 0 amide bonds. The highest BCUT2D eigenvalue weighted by molar-refractivity contribution is 5.59. The maximum Gasteiger partial charge on any atom is 0.416 e. The number of hydrogen-bond acceptors (Lipinski definition) is 7. The fourth-order valence-corrected chi connectivity index (χ4v) is 7.73. The Bertz CT molecular complexity index is 1360. The minimum atomic E-state index is -4.50. The van der Waals surface area contributed by atoms with Crippen LogP contribution in [0.2, 0.25) is 0 Å². The lowest BCUT2D eigenvalue weighted by molar-refractivity contribution is -0.185. The van der Waals surface area contributed by atoms with Gasteiger partial charge < -0.3 is 29.5 Å². The van der Waals surface area contributed by atoms with Crippen LogP contribution in [0.1, 0.15) is 30.4 Å². The number of likely N-dealkylation sites (N-methyl/N-ethyl adjacent to an activating group) is 1. The molecular weight excluding hydrogens is 535 g/mol. The summed E-state index contributed by atoms with van der Waals surface area (Å²) in [6.07, 6.45) is 0.818. The van der Waals surface area contributed by atoms with Crippen LogP contribution in [0.4, 0.5) is 13.2 Å². The highest BCUT2D eigenvalue weighted by atomic mass is 19.4. The lowest BCUT2D eigenvalue weighted by Gasteiger charge is -2.52. The zero-order valence-corrected chi connectivity index (χ0v) is 23.4. The molecule has 1 aromatic carbocycles. The number of fused-ring (bicyclic) bond motifs is 3. The summed E-state index contributed by atoms with van der Waals surface area (Å²) in [5, 5.41) is 25.4. The van der Waals surface area contributed by atoms with E-state index >= 15 is 0 Å². The molecule has 1 unspecified atom stereocenters. The highest BCUT2D eigenvalue weighted by Crippen LogP contribution is 2.72. The second-order valence-corrected chi connectivity index (χ2v) is 12.0. The largest absolute Gasteiger partial charge is 0.495 e. The van der Waals surface area contributed by atoms with Crippen LogP contribution in [0.3, 0.4) is 0 Å². The molecule has 0 spiro atoms. The zero-order valence-electron chi connectivity index (χ0n) is 23.4. The van der Waals surface area contributed by atoms with Gasteiger partial charge in [-0.2, -0.15) is 13.2 Å². The van der Waals surface area contributed by atoms with Crippen molar-refractivity contribution in [2.75, 3.05) is 46.9 Å². The maximum atomic E-state index is 13.7. The highest BCUT2D eigenvalue weighted by Gasteiger charge is 2.80. The van der Waals surface area contributed by atoms with E-state index in [1.165, 1.54) is 31.7 Å². The maximum absolute atomic E-state index is 13.7. The average Bonchev–Trinajstić information content (AvgIpc) is 3.34. The monoisotopic (exact) mass is 571 g/mol. The first kappa shape index (κ1) is 28.2. The van der Waals surface area contributed by atoms with Gasteiger partial charge in [0.25, 0.3) is 0 Å². The summed E-state index contributed by atoms with van der Waals surface area (Å²) in [4.78, 5) is 8.77. The normalized spacial score (nSPS) is 35.5. The lowest BCUT2D eigenvalue weighted by atomic mass is 9.57. The molecule has 220 valence electrons. The molecule has 2 aliphatic heterocycles. The van der Waals surface area contributed by atoms with E-state index in [1.807, 2.05) is 37.3 Å². The van der Waals surface area contributed by atoms with Gasteiger partial charge in [0.15, 0.2) is 11.2 Å². The SMILES string of the molecule is COc1cncc2c1[C@]1(O)[C@H](O)[C@H](CN3CCN(C)CC3)[C@@H](c3ccccc3)[C@]1(C1(C)C=CC(C(F)(F)F)=CC1)O2. The number of piperazine rings is 1. The Kier molecular flexibility index (Phi) is 6.76. The molecule has 4 aliphatic rings. The Labute approximate surface area is 237 Å². The molecule has 41 heavy (non-hydrogen) atoms. The van der Waals surface area contributed by atoms with Crippen molar-refractivity contribution in [3.05, 3.63) is 77.7 Å². The van der Waals surface area contributed by atoms with Crippen LogP contribution in [-0.4, -0.2) is 89.8 Å². The van der Waals surface area contributed by atoms with Crippen LogP contribution in [0.15, 0.2) is 66.5 Å². The van der Waals surface area contributed by atoms with E-state index in [2.05, 4.69) is 21.8 Å². The molecular formula is C31H36F3N3O4. The fraction of sp³-hybridized carbons (Fsp3) is 0.516. The molecule has 1 saturated heterocycles. The number of nitrogens with zero attached hydrogens (tertiary/aromatic N) is 3. The molecule has 0 bridgehead atoms. The number of hydrogen-bond donors (Lipinski definition) is 2. The minimum absolute atomic E-state index is 0.0539. The molecule has 2 fully saturated rings. The first-order valence-electron chi connectivity index (χ1n) is 14.0. The number of pyridine rings is 1. The van der Waals surface area contributed by atoms with Gasteiger partial charge in [-0.3, -0.25) is 4.98 Å². The van der Waals surface area contributed by atoms with Crippen molar-refractivity contribution < 1.29 is 32.9 Å². The third-order valence-electron chi connectivity index (χ3n) is 9.79. The molecule has 2 N–H and O–H groups in total. The summed E-state index contributed by atoms with van der Waals surface area (Å²) in [5.74, 6) is -0.580. The molecule has 10 heteroatoms. The molecule has 1 saturated carbocycles. The van der Waals surface area contributed by atoms with Crippen molar-refractivity contribution >= 4 is 0 Å². The van der Waals surface area contributed by atoms with Crippen molar-refractivity contribution in [2.45, 2.75) is 42.7 Å². The Balaban J connectivity index is 1.57. The predicted molar refractivity (Wildman–Crippen MR) is 147 cm³/mol. The number of methoxy groups -OCH3 is 1. The summed E-state index contributed by atoms with van der Waals surface area (Å²) in [6.45, 7) is 5.63. The molecule has 1 aromatic heterocycles. The number of benzene rings is 1. The van der Waals surface area contributed by atoms with E-state index < -0.39 is 46.3 Å². The van der Waals surface area contributed by atoms with Crippen molar-refractivity contribution in [3.63, 3.8) is 0 Å². The summed E-state index contributed by atoms with van der Waals surface area (Å²) in [5.41, 5.74) is -4.38. The van der Waals surface area contributed by atoms with E-state index in [1.54, 1.807) is 0 Å². The summed E-state index contributed by atoms with van der Waals surface area (Å²) >= 11 is 0. The second-order valence-electron chi connectivity index (χ2n) is 12.0. The van der Waals surface area contributed by atoms with Gasteiger partial charge in [0, 0.05) is 50.0 Å². The van der Waals surface area contributed by atoms with Crippen LogP contribution < -0.4 is 9.47 Å². The van der Waals surface area contributed by atoms with E-state index in [4.69, 9.17) is 9.47 Å². The van der Waals surface area contributed by atoms with Crippen LogP contribution in [-0.2, 0) is 5.60 Å². The Morgan fingerprint density at radius 2 is 1.83 bits per heavy atom. The van der Waals surface area contributed by atoms with Crippen LogP contribution in [0, 0.1) is 11.3 Å². The van der Waals surface area contributed by atoms with Gasteiger partial charge in [0.2, 0.25) is 0 Å². The van der Waals surface area contributed by atoms with E-state index in [0.717, 1.165) is 37.8 Å². The fourth-order valence-electron chi connectivity index (χ4n) is 7.73. The second kappa shape index (κ2) is 9.83. The van der Waals surface area contributed by atoms with Gasteiger partial charge in [-0.25, -0.2) is 0 Å². The van der Waals surface area contributed by atoms with Gasteiger partial charge >= 0.3 is 6.18 Å². The Morgan fingerprint density at radius 3 is 2.44 bits per heavy atom. The molecule has 6 atom stereocenters. The Morgan fingerprint density at radius 1 is 1.12 bits per heavy atom. The number of halogens is 3. The Hall–Kier alpha value is -2.92. The standard InChI is InChI=1S/C31H36F3N3O4/c1-28(11-9-21(10-12-28)31(32,33)34)30-25(20-7-5-4-6-8-20)22(19-37-15-13-36(2)14-16-37)27(38)29(30,39)26-23(40-3)17-35-18-24(26)41-30/h4-11,17-18,22,25,27,38-39H,12-16,19H2,1-3H3/t22-,25-,27-,28?,29+,30-/m1/s1. The smallest absolute Gasteiger partial charge is 0.416 e. The van der Waals surface area contributed by atoms with Crippen molar-refractivity contribution in [1.82, 2.24) is 14.8 Å². The third-order valence-corrected chi connectivity index (χ3v) is 9.79. The molecule has 6 rings (SSSR count). The van der Waals surface area contributed by atoms with Crippen LogP contribution >= 0.6 is 0 Å². The number of aromatic nitrogens is 1. The average molecular weight is 572 g/mol. The van der Waals surface area contributed by atoms with Gasteiger partial charge in [-0.05, 0) is 19.0 Å². The minimum Gasteiger partial charge on any atom is -0.495 e. The van der Waals surface area contributed by atoms with Crippen molar-refractivity contribution in [3.8, 4) is 11.5 Å². The molecule has 2 aromatic rings. The van der Waals surface area contributed by atoms with Crippen LogP contribution in [0.5, 0.6) is 11.5 Å². The lowest BCUT2D eigenvalue weighted by Crippen LogP contribution is -2.63. The molecule has 7 nitrogen and oxygen atoms in total. The molecule has 2 aliphatic carbocycles. The number of aliphatic hydroxyl groups excluding tert-OH is 1. The number of ether oxygens (including phenoxy) is 2. The number of alkyl halides is 3. The number of rotatable bonds is 5. The van der Waals surface area contributed by atoms with E-state index in [-0.39, 0.29) is 23.5 Å². The van der Waals surface area contributed by atoms with Crippen molar-refractivity contribution in [1.29, 1.82) is 0 Å². The quantitative estimate of drug-likeness (QED) is 0.564. The summed E-state index contributed by atoms with van der Waals surface area (Å²) in [6, 6.07) is 9.56. The van der Waals surface area contributed by atoms with E-state index in [9.17, 15) is 23.4 Å². The predicted octanol–water partition coefficient (Wildman–Crippen LogP) is 3.89. The van der Waals surface area contributed by atoms with Gasteiger partial charge in [-0.15, -0.1) is 0 Å². The first-order chi connectivity index (χ1) is 19.5. The number of allylic oxidation sites excluding steroid dienone is 3. The van der Waals surface area contributed by atoms with Gasteiger partial charge in [0.1, 0.15) is 11.5 Å². The number of aliphatic hydroxyl groups is 2. The summed E-state index contributed by atoms with van der Waals surface area (Å²) < 4.78 is 53.6. The molecule has 0 radical (unpaired) electrons.